The molecule has 3 rings (SSSR count). The highest BCUT2D eigenvalue weighted by molar-refractivity contribution is 7.89. The second kappa shape index (κ2) is 11.6. The lowest BCUT2D eigenvalue weighted by Crippen LogP contribution is -2.45. The first-order valence-corrected chi connectivity index (χ1v) is 12.5. The maximum Gasteiger partial charge on any atom is 0.338 e. The number of hydrogen-bond donors (Lipinski definition) is 2. The monoisotopic (exact) mass is 480 g/mol. The number of ether oxygens (including phenoxy) is 1. The normalized spacial score (nSPS) is 12.1. The third-order valence-electron chi connectivity index (χ3n) is 5.03. The van der Waals surface area contributed by atoms with Gasteiger partial charge in [0, 0.05) is 5.69 Å². The van der Waals surface area contributed by atoms with E-state index in [1.165, 1.54) is 18.2 Å². The Bertz CT molecular complexity index is 1230. The third kappa shape index (κ3) is 7.00. The fourth-order valence-corrected chi connectivity index (χ4v) is 4.44. The molecule has 34 heavy (non-hydrogen) atoms. The average Bonchev–Trinajstić information content (AvgIpc) is 2.83. The van der Waals surface area contributed by atoms with Crippen molar-refractivity contribution in [3.63, 3.8) is 0 Å². The molecule has 1 atom stereocenters. The first-order valence-electron chi connectivity index (χ1n) is 11.0. The van der Waals surface area contributed by atoms with Gasteiger partial charge in [-0.15, -0.1) is 0 Å². The Morgan fingerprint density at radius 3 is 2.32 bits per heavy atom. The smallest absolute Gasteiger partial charge is 0.338 e. The number of benzene rings is 3. The van der Waals surface area contributed by atoms with Crippen LogP contribution in [0.25, 0.3) is 0 Å². The van der Waals surface area contributed by atoms with E-state index in [9.17, 15) is 18.0 Å². The molecule has 0 radical (unpaired) electrons. The predicted octanol–water partition coefficient (Wildman–Crippen LogP) is 4.09. The van der Waals surface area contributed by atoms with Gasteiger partial charge in [-0.3, -0.25) is 4.79 Å². The van der Waals surface area contributed by atoms with Crippen molar-refractivity contribution in [2.24, 2.45) is 0 Å². The van der Waals surface area contributed by atoms with Crippen molar-refractivity contribution in [3.8, 4) is 0 Å². The zero-order valence-electron chi connectivity index (χ0n) is 19.2. The zero-order valence-corrected chi connectivity index (χ0v) is 20.0. The number of esters is 1. The molecule has 0 aromatic heterocycles. The number of nitrogens with one attached hydrogen (secondary N) is 2. The van der Waals surface area contributed by atoms with Crippen molar-refractivity contribution in [3.05, 3.63) is 95.6 Å². The number of anilines is 1. The van der Waals surface area contributed by atoms with Crippen molar-refractivity contribution >= 4 is 27.6 Å². The van der Waals surface area contributed by atoms with Crippen molar-refractivity contribution in [2.75, 3.05) is 11.9 Å². The van der Waals surface area contributed by atoms with Crippen LogP contribution >= 0.6 is 0 Å². The molecule has 3 aromatic carbocycles. The molecule has 0 heterocycles. The van der Waals surface area contributed by atoms with Crippen molar-refractivity contribution < 1.29 is 22.7 Å². The molecule has 3 aromatic rings. The van der Waals surface area contributed by atoms with E-state index < -0.39 is 27.9 Å². The van der Waals surface area contributed by atoms with E-state index in [0.717, 1.165) is 11.1 Å². The summed E-state index contributed by atoms with van der Waals surface area (Å²) < 4.78 is 33.7. The molecule has 8 heteroatoms. The van der Waals surface area contributed by atoms with Crippen molar-refractivity contribution in [2.45, 2.75) is 37.6 Å². The van der Waals surface area contributed by atoms with E-state index in [-0.39, 0.29) is 11.3 Å². The minimum Gasteiger partial charge on any atom is -0.462 e. The quantitative estimate of drug-likeness (QED) is 0.426. The van der Waals surface area contributed by atoms with Crippen LogP contribution in [0.3, 0.4) is 0 Å². The van der Waals surface area contributed by atoms with Crippen LogP contribution in [-0.2, 0) is 26.0 Å². The van der Waals surface area contributed by atoms with Crippen LogP contribution in [0.15, 0.2) is 83.8 Å². The Morgan fingerprint density at radius 1 is 0.941 bits per heavy atom. The molecule has 178 valence electrons. The number of sulfonamides is 1. The van der Waals surface area contributed by atoms with Crippen LogP contribution in [0.4, 0.5) is 5.69 Å². The second-order valence-corrected chi connectivity index (χ2v) is 9.60. The van der Waals surface area contributed by atoms with Crippen LogP contribution in [0.1, 0.15) is 34.8 Å². The molecule has 2 N–H and O–H groups in total. The average molecular weight is 481 g/mol. The Balaban J connectivity index is 1.82. The maximum atomic E-state index is 13.2. The molecule has 0 bridgehead atoms. The Hall–Kier alpha value is -3.49. The summed E-state index contributed by atoms with van der Waals surface area (Å²) in [7, 11) is -3.95. The van der Waals surface area contributed by atoms with Gasteiger partial charge in [0.15, 0.2) is 0 Å². The van der Waals surface area contributed by atoms with E-state index in [0.29, 0.717) is 24.3 Å². The SMILES string of the molecule is CCCOC(=O)c1cccc(NC(=O)C(Cc2ccccc2)NS(=O)(=O)c2ccc(C)cc2)c1. The van der Waals surface area contributed by atoms with Crippen LogP contribution in [0, 0.1) is 6.92 Å². The van der Waals surface area contributed by atoms with Gasteiger partial charge >= 0.3 is 5.97 Å². The molecule has 0 aliphatic heterocycles. The third-order valence-corrected chi connectivity index (χ3v) is 6.52. The number of amides is 1. The number of rotatable bonds is 10. The molecular formula is C26H28N2O5S. The topological polar surface area (TPSA) is 102 Å². The second-order valence-electron chi connectivity index (χ2n) is 7.88. The molecule has 0 saturated carbocycles. The highest BCUT2D eigenvalue weighted by Gasteiger charge is 2.26. The highest BCUT2D eigenvalue weighted by Crippen LogP contribution is 2.16. The zero-order chi connectivity index (χ0) is 24.6. The van der Waals surface area contributed by atoms with Gasteiger partial charge in [0.2, 0.25) is 15.9 Å². The standard InChI is InChI=1S/C26H28N2O5S/c1-3-16-33-26(30)21-10-7-11-22(18-21)27-25(29)24(17-20-8-5-4-6-9-20)28-34(31,32)23-14-12-19(2)13-15-23/h4-15,18,24,28H,3,16-17H2,1-2H3,(H,27,29). The van der Waals surface area contributed by atoms with Gasteiger partial charge in [-0.25, -0.2) is 13.2 Å². The number of hydrogen-bond acceptors (Lipinski definition) is 5. The summed E-state index contributed by atoms with van der Waals surface area (Å²) in [6.45, 7) is 4.06. The lowest BCUT2D eigenvalue weighted by atomic mass is 10.1. The summed E-state index contributed by atoms with van der Waals surface area (Å²) in [6, 6.07) is 20.8. The van der Waals surface area contributed by atoms with Crippen LogP contribution in [-0.4, -0.2) is 32.9 Å². The van der Waals surface area contributed by atoms with Gasteiger partial charge in [0.25, 0.3) is 0 Å². The summed E-state index contributed by atoms with van der Waals surface area (Å²) >= 11 is 0. The summed E-state index contributed by atoms with van der Waals surface area (Å²) in [5.74, 6) is -1.03. The van der Waals surface area contributed by atoms with Gasteiger partial charge in [-0.1, -0.05) is 61.0 Å². The summed E-state index contributed by atoms with van der Waals surface area (Å²) in [5, 5.41) is 2.72. The molecule has 0 aliphatic carbocycles. The van der Waals surface area contributed by atoms with Crippen molar-refractivity contribution in [1.29, 1.82) is 0 Å². The number of carbonyl (C=O) groups excluding carboxylic acids is 2. The van der Waals surface area contributed by atoms with Gasteiger partial charge < -0.3 is 10.1 Å². The molecule has 0 aliphatic rings. The Kier molecular flexibility index (Phi) is 8.56. The number of aryl methyl sites for hydroxylation is 1. The fraction of sp³-hybridized carbons (Fsp3) is 0.231. The van der Waals surface area contributed by atoms with E-state index in [1.54, 1.807) is 30.3 Å². The Morgan fingerprint density at radius 2 is 1.65 bits per heavy atom. The molecule has 1 unspecified atom stereocenters. The van der Waals surface area contributed by atoms with Gasteiger partial charge in [-0.2, -0.15) is 4.72 Å². The maximum absolute atomic E-state index is 13.2. The van der Waals surface area contributed by atoms with E-state index in [1.807, 2.05) is 44.2 Å². The van der Waals surface area contributed by atoms with E-state index in [4.69, 9.17) is 4.74 Å². The van der Waals surface area contributed by atoms with E-state index >= 15 is 0 Å². The minimum absolute atomic E-state index is 0.0737. The van der Waals surface area contributed by atoms with Gasteiger partial charge in [0.05, 0.1) is 17.1 Å². The van der Waals surface area contributed by atoms with Crippen LogP contribution in [0.2, 0.25) is 0 Å². The fourth-order valence-electron chi connectivity index (χ4n) is 3.24. The lowest BCUT2D eigenvalue weighted by Gasteiger charge is -2.19. The van der Waals surface area contributed by atoms with E-state index in [2.05, 4.69) is 10.0 Å². The molecule has 0 fully saturated rings. The molecule has 0 spiro atoms. The summed E-state index contributed by atoms with van der Waals surface area (Å²) in [6.07, 6.45) is 0.848. The summed E-state index contributed by atoms with van der Waals surface area (Å²) in [5.41, 5.74) is 2.38. The van der Waals surface area contributed by atoms with Gasteiger partial charge in [0.1, 0.15) is 6.04 Å². The van der Waals surface area contributed by atoms with Crippen LogP contribution < -0.4 is 10.0 Å². The first kappa shape index (κ1) is 25.1. The molecular weight excluding hydrogens is 452 g/mol. The van der Waals surface area contributed by atoms with Crippen molar-refractivity contribution in [1.82, 2.24) is 4.72 Å². The largest absolute Gasteiger partial charge is 0.462 e. The number of carbonyl (C=O) groups is 2. The van der Waals surface area contributed by atoms with Gasteiger partial charge in [-0.05, 0) is 55.7 Å². The highest BCUT2D eigenvalue weighted by atomic mass is 32.2. The lowest BCUT2D eigenvalue weighted by molar-refractivity contribution is -0.117. The van der Waals surface area contributed by atoms with Crippen LogP contribution in [0.5, 0.6) is 0 Å². The molecule has 0 saturated heterocycles. The minimum atomic E-state index is -3.95. The Labute approximate surface area is 200 Å². The molecule has 1 amide bonds. The summed E-state index contributed by atoms with van der Waals surface area (Å²) in [4.78, 5) is 25.4. The molecule has 7 nitrogen and oxygen atoms in total. The predicted molar refractivity (Wildman–Crippen MR) is 131 cm³/mol. The first-order chi connectivity index (χ1) is 16.3.